The van der Waals surface area contributed by atoms with E-state index in [0.29, 0.717) is 6.54 Å². The number of anilines is 1. The molecule has 4 aromatic heterocycles. The Morgan fingerprint density at radius 2 is 2.19 bits per heavy atom. The number of pyridine rings is 1. The van der Waals surface area contributed by atoms with E-state index < -0.39 is 0 Å². The van der Waals surface area contributed by atoms with Crippen molar-refractivity contribution in [3.63, 3.8) is 0 Å². The second kappa shape index (κ2) is 4.82. The third-order valence-corrected chi connectivity index (χ3v) is 3.27. The number of H-pyrrole nitrogens is 1. The summed E-state index contributed by atoms with van der Waals surface area (Å²) in [6.07, 6.45) is 5.93. The first-order valence-corrected chi connectivity index (χ1v) is 6.58. The Labute approximate surface area is 119 Å². The fourth-order valence-corrected chi connectivity index (χ4v) is 2.26. The number of fused-ring (bicyclic) bond motifs is 2. The Morgan fingerprint density at radius 3 is 3.19 bits per heavy atom. The summed E-state index contributed by atoms with van der Waals surface area (Å²) >= 11 is 0. The minimum absolute atomic E-state index is 0.701. The van der Waals surface area contributed by atoms with E-state index >= 15 is 0 Å². The van der Waals surface area contributed by atoms with Gasteiger partial charge in [0.15, 0.2) is 11.3 Å². The van der Waals surface area contributed by atoms with Crippen LogP contribution >= 0.6 is 0 Å². The highest BCUT2D eigenvalue weighted by Crippen LogP contribution is 2.15. The molecule has 0 saturated carbocycles. The van der Waals surface area contributed by atoms with Gasteiger partial charge < -0.3 is 5.32 Å². The molecule has 0 spiro atoms. The molecule has 0 atom stereocenters. The molecule has 0 fully saturated rings. The molecular formula is C13H12N8. The van der Waals surface area contributed by atoms with E-state index in [9.17, 15) is 0 Å². The standard InChI is InChI=1S/C13H12N8/c1-2-6-21-10(3-1)18-19-11(21)4-5-14-12-9-7-17-20-13(9)16-8-15-12/h1-3,6-8H,4-5H2,(H2,14,15,16,17,20). The van der Waals surface area contributed by atoms with Gasteiger partial charge in [-0.2, -0.15) is 5.10 Å². The summed E-state index contributed by atoms with van der Waals surface area (Å²) in [5.74, 6) is 1.68. The largest absolute Gasteiger partial charge is 0.369 e. The number of nitrogens with one attached hydrogen (secondary N) is 2. The Morgan fingerprint density at radius 1 is 1.19 bits per heavy atom. The van der Waals surface area contributed by atoms with Gasteiger partial charge in [-0.3, -0.25) is 9.50 Å². The average molecular weight is 280 g/mol. The highest BCUT2D eigenvalue weighted by molar-refractivity contribution is 5.85. The molecule has 0 amide bonds. The molecule has 0 aromatic carbocycles. The summed E-state index contributed by atoms with van der Waals surface area (Å²) in [6.45, 7) is 0.701. The lowest BCUT2D eigenvalue weighted by atomic mass is 10.3. The topological polar surface area (TPSA) is 96.7 Å². The van der Waals surface area contributed by atoms with Crippen LogP contribution in [0.2, 0.25) is 0 Å². The quantitative estimate of drug-likeness (QED) is 0.580. The Bertz CT molecular complexity index is 893. The van der Waals surface area contributed by atoms with Crippen molar-refractivity contribution in [2.24, 2.45) is 0 Å². The van der Waals surface area contributed by atoms with Gasteiger partial charge in [0.25, 0.3) is 0 Å². The first-order chi connectivity index (χ1) is 10.4. The van der Waals surface area contributed by atoms with Crippen LogP contribution < -0.4 is 5.32 Å². The maximum atomic E-state index is 4.24. The summed E-state index contributed by atoms with van der Waals surface area (Å²) in [4.78, 5) is 8.34. The van der Waals surface area contributed by atoms with E-state index in [1.807, 2.05) is 28.8 Å². The Hall–Kier alpha value is -3.03. The van der Waals surface area contributed by atoms with Crippen LogP contribution in [-0.2, 0) is 6.42 Å². The van der Waals surface area contributed by atoms with Crippen molar-refractivity contribution in [2.45, 2.75) is 6.42 Å². The van der Waals surface area contributed by atoms with Crippen LogP contribution in [-0.4, -0.2) is 41.3 Å². The van der Waals surface area contributed by atoms with Gasteiger partial charge in [0, 0.05) is 19.2 Å². The van der Waals surface area contributed by atoms with Gasteiger partial charge in [-0.25, -0.2) is 9.97 Å². The molecule has 104 valence electrons. The van der Waals surface area contributed by atoms with Crippen molar-refractivity contribution < 1.29 is 0 Å². The number of hydrogen-bond acceptors (Lipinski definition) is 6. The third-order valence-electron chi connectivity index (χ3n) is 3.27. The predicted molar refractivity (Wildman–Crippen MR) is 76.9 cm³/mol. The minimum atomic E-state index is 0.701. The van der Waals surface area contributed by atoms with Crippen LogP contribution in [0.25, 0.3) is 16.7 Å². The number of rotatable bonds is 4. The summed E-state index contributed by atoms with van der Waals surface area (Å²) in [5.41, 5.74) is 1.58. The summed E-state index contributed by atoms with van der Waals surface area (Å²) in [7, 11) is 0. The molecule has 4 heterocycles. The summed E-state index contributed by atoms with van der Waals surface area (Å²) in [6, 6.07) is 5.85. The van der Waals surface area contributed by atoms with Gasteiger partial charge in [0.1, 0.15) is 18.0 Å². The van der Waals surface area contributed by atoms with Crippen molar-refractivity contribution in [1.82, 2.24) is 34.8 Å². The second-order valence-electron chi connectivity index (χ2n) is 4.58. The Balaban J connectivity index is 1.51. The van der Waals surface area contributed by atoms with E-state index in [1.165, 1.54) is 6.33 Å². The highest BCUT2D eigenvalue weighted by Gasteiger charge is 2.07. The van der Waals surface area contributed by atoms with Gasteiger partial charge in [0.2, 0.25) is 0 Å². The zero-order valence-corrected chi connectivity index (χ0v) is 11.1. The van der Waals surface area contributed by atoms with Crippen molar-refractivity contribution in [3.05, 3.63) is 42.7 Å². The van der Waals surface area contributed by atoms with Gasteiger partial charge in [0.05, 0.1) is 11.6 Å². The van der Waals surface area contributed by atoms with Crippen LogP contribution in [0.5, 0.6) is 0 Å². The molecule has 0 aliphatic heterocycles. The monoisotopic (exact) mass is 280 g/mol. The predicted octanol–water partition coefficient (Wildman–Crippen LogP) is 1.05. The highest BCUT2D eigenvalue weighted by atomic mass is 15.2. The maximum Gasteiger partial charge on any atom is 0.160 e. The van der Waals surface area contributed by atoms with Crippen LogP contribution in [0.15, 0.2) is 36.9 Å². The maximum absolute atomic E-state index is 4.24. The third kappa shape index (κ3) is 2.06. The Kier molecular flexibility index (Phi) is 2.70. The average Bonchev–Trinajstić information content (AvgIpc) is 3.15. The van der Waals surface area contributed by atoms with Gasteiger partial charge in [-0.1, -0.05) is 6.07 Å². The zero-order valence-electron chi connectivity index (χ0n) is 11.1. The van der Waals surface area contributed by atoms with E-state index in [1.54, 1.807) is 6.20 Å². The van der Waals surface area contributed by atoms with Gasteiger partial charge in [-0.15, -0.1) is 10.2 Å². The fourth-order valence-electron chi connectivity index (χ4n) is 2.26. The van der Waals surface area contributed by atoms with Crippen molar-refractivity contribution >= 4 is 22.5 Å². The molecule has 0 bridgehead atoms. The molecule has 8 heteroatoms. The summed E-state index contributed by atoms with van der Waals surface area (Å²) < 4.78 is 1.98. The van der Waals surface area contributed by atoms with Crippen molar-refractivity contribution in [2.75, 3.05) is 11.9 Å². The molecule has 2 N–H and O–H groups in total. The molecular weight excluding hydrogens is 268 g/mol. The molecule has 21 heavy (non-hydrogen) atoms. The fraction of sp³-hybridized carbons (Fsp3) is 0.154. The zero-order chi connectivity index (χ0) is 14.1. The number of hydrogen-bond donors (Lipinski definition) is 2. The van der Waals surface area contributed by atoms with Crippen LogP contribution in [0.3, 0.4) is 0 Å². The van der Waals surface area contributed by atoms with Gasteiger partial charge >= 0.3 is 0 Å². The van der Waals surface area contributed by atoms with E-state index in [0.717, 1.165) is 34.7 Å². The smallest absolute Gasteiger partial charge is 0.160 e. The SMILES string of the molecule is c1ccn2c(CCNc3ncnc4[nH]ncc34)nnc2c1. The minimum Gasteiger partial charge on any atom is -0.369 e. The molecule has 4 rings (SSSR count). The molecule has 4 aromatic rings. The van der Waals surface area contributed by atoms with Crippen molar-refractivity contribution in [3.8, 4) is 0 Å². The lowest BCUT2D eigenvalue weighted by molar-refractivity contribution is 0.868. The molecule has 0 aliphatic carbocycles. The normalized spacial score (nSPS) is 11.2. The van der Waals surface area contributed by atoms with E-state index in [4.69, 9.17) is 0 Å². The molecule has 0 saturated heterocycles. The van der Waals surface area contributed by atoms with Crippen LogP contribution in [0.4, 0.5) is 5.82 Å². The molecule has 0 unspecified atom stereocenters. The lowest BCUT2D eigenvalue weighted by Crippen LogP contribution is -2.09. The molecule has 0 radical (unpaired) electrons. The number of nitrogens with zero attached hydrogens (tertiary/aromatic N) is 6. The van der Waals surface area contributed by atoms with Crippen molar-refractivity contribution in [1.29, 1.82) is 0 Å². The second-order valence-corrected chi connectivity index (χ2v) is 4.58. The molecule has 0 aliphatic rings. The number of aromatic amines is 1. The first kappa shape index (κ1) is 11.8. The number of aromatic nitrogens is 7. The first-order valence-electron chi connectivity index (χ1n) is 6.58. The van der Waals surface area contributed by atoms with E-state index in [-0.39, 0.29) is 0 Å². The van der Waals surface area contributed by atoms with Crippen LogP contribution in [0, 0.1) is 0 Å². The van der Waals surface area contributed by atoms with E-state index in [2.05, 4.69) is 35.7 Å². The molecule has 8 nitrogen and oxygen atoms in total. The summed E-state index contributed by atoms with van der Waals surface area (Å²) in [5, 5.41) is 19.3. The lowest BCUT2D eigenvalue weighted by Gasteiger charge is -2.05. The van der Waals surface area contributed by atoms with Crippen LogP contribution in [0.1, 0.15) is 5.82 Å². The van der Waals surface area contributed by atoms with Gasteiger partial charge in [-0.05, 0) is 12.1 Å².